The first-order chi connectivity index (χ1) is 7.27. The van der Waals surface area contributed by atoms with Crippen LogP contribution >= 0.6 is 0 Å². The van der Waals surface area contributed by atoms with Crippen LogP contribution in [0.25, 0.3) is 0 Å². The van der Waals surface area contributed by atoms with Crippen molar-refractivity contribution in [2.45, 2.75) is 52.9 Å². The van der Waals surface area contributed by atoms with Gasteiger partial charge in [-0.05, 0) is 60.7 Å². The van der Waals surface area contributed by atoms with Gasteiger partial charge in [0.25, 0.3) is 0 Å². The molecule has 7 unspecified atom stereocenters. The molecule has 0 aliphatic heterocycles. The SMILES string of the molecule is CCC1CCC2C3CC(C(C)C3CC)C12. The van der Waals surface area contributed by atoms with Gasteiger partial charge in [-0.2, -0.15) is 0 Å². The highest BCUT2D eigenvalue weighted by atomic mass is 14.6. The third-order valence-corrected chi connectivity index (χ3v) is 6.39. The second-order valence-electron chi connectivity index (χ2n) is 6.48. The van der Waals surface area contributed by atoms with Gasteiger partial charge in [0.15, 0.2) is 0 Å². The van der Waals surface area contributed by atoms with E-state index in [4.69, 9.17) is 0 Å². The summed E-state index contributed by atoms with van der Waals surface area (Å²) in [4.78, 5) is 0. The third-order valence-electron chi connectivity index (χ3n) is 6.39. The maximum atomic E-state index is 2.56. The molecule has 0 radical (unpaired) electrons. The van der Waals surface area contributed by atoms with Crippen molar-refractivity contribution in [2.75, 3.05) is 0 Å². The Morgan fingerprint density at radius 1 is 0.933 bits per heavy atom. The molecule has 0 nitrogen and oxygen atoms in total. The Labute approximate surface area is 94.8 Å². The van der Waals surface area contributed by atoms with Crippen LogP contribution in [0, 0.1) is 41.4 Å². The molecule has 0 aromatic rings. The van der Waals surface area contributed by atoms with Crippen molar-refractivity contribution in [3.8, 4) is 0 Å². The van der Waals surface area contributed by atoms with Crippen LogP contribution in [0.5, 0.6) is 0 Å². The van der Waals surface area contributed by atoms with Gasteiger partial charge in [0.2, 0.25) is 0 Å². The van der Waals surface area contributed by atoms with E-state index in [-0.39, 0.29) is 0 Å². The highest BCUT2D eigenvalue weighted by Gasteiger charge is 2.58. The molecule has 3 aliphatic carbocycles. The number of hydrogen-bond acceptors (Lipinski definition) is 0. The van der Waals surface area contributed by atoms with E-state index < -0.39 is 0 Å². The highest BCUT2D eigenvalue weighted by molar-refractivity contribution is 5.07. The monoisotopic (exact) mass is 206 g/mol. The average molecular weight is 206 g/mol. The quantitative estimate of drug-likeness (QED) is 0.630. The largest absolute Gasteiger partial charge is 0.0651 e. The lowest BCUT2D eigenvalue weighted by Crippen LogP contribution is -2.32. The molecule has 0 heterocycles. The summed E-state index contributed by atoms with van der Waals surface area (Å²) in [7, 11) is 0. The van der Waals surface area contributed by atoms with Crippen molar-refractivity contribution in [3.05, 3.63) is 0 Å². The van der Waals surface area contributed by atoms with Gasteiger partial charge in [-0.1, -0.05) is 33.6 Å². The van der Waals surface area contributed by atoms with Crippen LogP contribution in [-0.2, 0) is 0 Å². The van der Waals surface area contributed by atoms with Crippen LogP contribution < -0.4 is 0 Å². The van der Waals surface area contributed by atoms with Crippen molar-refractivity contribution in [1.82, 2.24) is 0 Å². The Bertz CT molecular complexity index is 244. The van der Waals surface area contributed by atoms with E-state index in [9.17, 15) is 0 Å². The summed E-state index contributed by atoms with van der Waals surface area (Å²) in [6.07, 6.45) is 7.64. The topological polar surface area (TPSA) is 0 Å². The van der Waals surface area contributed by atoms with Crippen molar-refractivity contribution < 1.29 is 0 Å². The second-order valence-corrected chi connectivity index (χ2v) is 6.48. The van der Waals surface area contributed by atoms with E-state index in [1.165, 1.54) is 12.8 Å². The summed E-state index contributed by atoms with van der Waals surface area (Å²) >= 11 is 0. The lowest BCUT2D eigenvalue weighted by Gasteiger charge is -2.38. The van der Waals surface area contributed by atoms with E-state index in [1.54, 1.807) is 19.3 Å². The highest BCUT2D eigenvalue weighted by Crippen LogP contribution is 2.65. The summed E-state index contributed by atoms with van der Waals surface area (Å²) in [6, 6.07) is 0. The van der Waals surface area contributed by atoms with Gasteiger partial charge in [-0.25, -0.2) is 0 Å². The summed E-state index contributed by atoms with van der Waals surface area (Å²) in [6.45, 7) is 7.39. The van der Waals surface area contributed by atoms with E-state index >= 15 is 0 Å². The lowest BCUT2D eigenvalue weighted by atomic mass is 9.67. The molecule has 0 N–H and O–H groups in total. The van der Waals surface area contributed by atoms with Crippen LogP contribution in [0.1, 0.15) is 52.9 Å². The zero-order chi connectivity index (χ0) is 10.6. The second kappa shape index (κ2) is 3.50. The molecule has 3 rings (SSSR count). The minimum absolute atomic E-state index is 1.05. The lowest BCUT2D eigenvalue weighted by molar-refractivity contribution is 0.101. The zero-order valence-corrected chi connectivity index (χ0v) is 10.6. The van der Waals surface area contributed by atoms with E-state index in [2.05, 4.69) is 20.8 Å². The third kappa shape index (κ3) is 1.20. The molecule has 7 atom stereocenters. The van der Waals surface area contributed by atoms with E-state index in [0.29, 0.717) is 0 Å². The summed E-state index contributed by atoms with van der Waals surface area (Å²) < 4.78 is 0. The van der Waals surface area contributed by atoms with Crippen molar-refractivity contribution in [2.24, 2.45) is 41.4 Å². The fraction of sp³-hybridized carbons (Fsp3) is 1.00. The zero-order valence-electron chi connectivity index (χ0n) is 10.6. The first-order valence-corrected chi connectivity index (χ1v) is 7.27. The molecule has 0 spiro atoms. The van der Waals surface area contributed by atoms with Gasteiger partial charge in [-0.3, -0.25) is 0 Å². The smallest absolute Gasteiger partial charge is 0.0324 e. The fourth-order valence-corrected chi connectivity index (χ4v) is 5.87. The molecule has 0 saturated heterocycles. The van der Waals surface area contributed by atoms with E-state index in [0.717, 1.165) is 41.4 Å². The summed E-state index contributed by atoms with van der Waals surface area (Å²) in [5.41, 5.74) is 0. The predicted molar refractivity (Wildman–Crippen MR) is 64.5 cm³/mol. The molecule has 0 heteroatoms. The summed E-state index contributed by atoms with van der Waals surface area (Å²) in [5, 5.41) is 0. The Kier molecular flexibility index (Phi) is 2.37. The molecule has 0 aromatic heterocycles. The Hall–Kier alpha value is 0. The van der Waals surface area contributed by atoms with Gasteiger partial charge in [0.1, 0.15) is 0 Å². The molecule has 3 fully saturated rings. The fourth-order valence-electron chi connectivity index (χ4n) is 5.87. The average Bonchev–Trinajstić information content (AvgIpc) is 2.85. The Balaban J connectivity index is 1.85. The predicted octanol–water partition coefficient (Wildman–Crippen LogP) is 4.35. The van der Waals surface area contributed by atoms with E-state index in [1.807, 2.05) is 0 Å². The molecule has 2 bridgehead atoms. The Morgan fingerprint density at radius 3 is 2.40 bits per heavy atom. The molecular weight excluding hydrogens is 180 g/mol. The normalized spacial score (nSPS) is 57.4. The number of fused-ring (bicyclic) bond motifs is 5. The maximum Gasteiger partial charge on any atom is -0.0324 e. The van der Waals surface area contributed by atoms with Crippen LogP contribution in [0.4, 0.5) is 0 Å². The molecule has 86 valence electrons. The first kappa shape index (κ1) is 10.2. The molecule has 15 heavy (non-hydrogen) atoms. The molecule has 3 saturated carbocycles. The van der Waals surface area contributed by atoms with Gasteiger partial charge in [0, 0.05) is 0 Å². The molecular formula is C15H26. The minimum Gasteiger partial charge on any atom is -0.0651 e. The molecule has 0 aromatic carbocycles. The number of hydrogen-bond donors (Lipinski definition) is 0. The standard InChI is InChI=1S/C15H26/c1-4-10-6-7-12-14-8-13(15(10)12)9(3)11(14)5-2/h9-15H,4-8H2,1-3H3. The first-order valence-electron chi connectivity index (χ1n) is 7.27. The van der Waals surface area contributed by atoms with Gasteiger partial charge >= 0.3 is 0 Å². The van der Waals surface area contributed by atoms with Gasteiger partial charge in [0.05, 0.1) is 0 Å². The van der Waals surface area contributed by atoms with Crippen molar-refractivity contribution in [3.63, 3.8) is 0 Å². The van der Waals surface area contributed by atoms with Crippen LogP contribution in [0.3, 0.4) is 0 Å². The van der Waals surface area contributed by atoms with Crippen LogP contribution in [-0.4, -0.2) is 0 Å². The van der Waals surface area contributed by atoms with Gasteiger partial charge in [-0.15, -0.1) is 0 Å². The maximum absolute atomic E-state index is 2.56. The van der Waals surface area contributed by atoms with Gasteiger partial charge < -0.3 is 0 Å². The molecule has 3 aliphatic rings. The van der Waals surface area contributed by atoms with Crippen LogP contribution in [0.15, 0.2) is 0 Å². The number of rotatable bonds is 2. The van der Waals surface area contributed by atoms with Crippen molar-refractivity contribution in [1.29, 1.82) is 0 Å². The molecule has 0 amide bonds. The summed E-state index contributed by atoms with van der Waals surface area (Å²) in [5.74, 6) is 7.80. The Morgan fingerprint density at radius 2 is 1.73 bits per heavy atom. The van der Waals surface area contributed by atoms with Crippen molar-refractivity contribution >= 4 is 0 Å². The minimum atomic E-state index is 1.05. The van der Waals surface area contributed by atoms with Crippen LogP contribution in [0.2, 0.25) is 0 Å².